The predicted octanol–water partition coefficient (Wildman–Crippen LogP) is 2.17. The SMILES string of the molecule is C.CCn1nnc(C)n1.COc1ccc(C)nn1.COc1ncccn1.Cc1ncccn1.Cc1nnn(C)n1.Cc1nnn(CCF)n1. The van der Waals surface area contributed by atoms with Crippen molar-refractivity contribution in [3.05, 3.63) is 78.0 Å². The number of hydrogen-bond acceptors (Lipinski definition) is 17. The van der Waals surface area contributed by atoms with Crippen molar-refractivity contribution in [3.8, 4) is 11.9 Å². The lowest BCUT2D eigenvalue weighted by Gasteiger charge is -1.94. The van der Waals surface area contributed by atoms with Crippen molar-refractivity contribution in [1.82, 2.24) is 90.8 Å². The Morgan fingerprint density at radius 1 is 0.633 bits per heavy atom. The molecule has 0 aliphatic carbocycles. The zero-order valence-corrected chi connectivity index (χ0v) is 28.5. The van der Waals surface area contributed by atoms with Gasteiger partial charge >= 0.3 is 6.01 Å². The van der Waals surface area contributed by atoms with Crippen LogP contribution in [0.2, 0.25) is 0 Å². The Kier molecular flexibility index (Phi) is 22.9. The van der Waals surface area contributed by atoms with Crippen molar-refractivity contribution >= 4 is 0 Å². The molecule has 0 saturated heterocycles. The molecule has 0 N–H and O–H groups in total. The van der Waals surface area contributed by atoms with E-state index in [1.54, 1.807) is 75.8 Å². The van der Waals surface area contributed by atoms with Crippen molar-refractivity contribution in [2.24, 2.45) is 7.05 Å². The quantitative estimate of drug-likeness (QED) is 0.253. The van der Waals surface area contributed by atoms with Crippen LogP contribution in [-0.2, 0) is 20.1 Å². The second-order valence-corrected chi connectivity index (χ2v) is 8.72. The molecule has 21 heteroatoms. The van der Waals surface area contributed by atoms with Gasteiger partial charge in [-0.25, -0.2) is 24.3 Å². The Balaban J connectivity index is 0.000000563. The van der Waals surface area contributed by atoms with E-state index in [1.165, 1.54) is 16.7 Å². The number of aryl methyl sites for hydroxylation is 8. The molecule has 20 nitrogen and oxygen atoms in total. The summed E-state index contributed by atoms with van der Waals surface area (Å²) >= 11 is 0. The first-order valence-corrected chi connectivity index (χ1v) is 14.2. The highest BCUT2D eigenvalue weighted by Gasteiger charge is 1.94. The first kappa shape index (κ1) is 43.0. The highest BCUT2D eigenvalue weighted by atomic mass is 19.1. The van der Waals surface area contributed by atoms with E-state index in [4.69, 9.17) is 9.47 Å². The molecular weight excluding hydrogens is 639 g/mol. The van der Waals surface area contributed by atoms with Crippen LogP contribution in [0.25, 0.3) is 0 Å². The summed E-state index contributed by atoms with van der Waals surface area (Å²) < 4.78 is 21.0. The number of rotatable bonds is 5. The summed E-state index contributed by atoms with van der Waals surface area (Å²) in [5.41, 5.74) is 0.899. The molecule has 0 saturated carbocycles. The number of nitrogens with zero attached hydrogens (tertiary/aromatic N) is 18. The highest BCUT2D eigenvalue weighted by Crippen LogP contribution is 2.01. The summed E-state index contributed by atoms with van der Waals surface area (Å²) in [4.78, 5) is 19.5. The normalized spacial score (nSPS) is 9.10. The Morgan fingerprint density at radius 3 is 1.45 bits per heavy atom. The highest BCUT2D eigenvalue weighted by molar-refractivity contribution is 5.09. The fourth-order valence-corrected chi connectivity index (χ4v) is 2.59. The number of halogens is 1. The molecule has 6 heterocycles. The van der Waals surface area contributed by atoms with Gasteiger partial charge in [0.15, 0.2) is 17.5 Å². The topological polar surface area (TPSA) is 227 Å². The van der Waals surface area contributed by atoms with Crippen molar-refractivity contribution < 1.29 is 13.9 Å². The molecule has 6 aromatic heterocycles. The van der Waals surface area contributed by atoms with Gasteiger partial charge in [0.25, 0.3) is 0 Å². The fraction of sp³-hybridized carbons (Fsp3) is 0.464. The van der Waals surface area contributed by atoms with E-state index in [0.717, 1.165) is 23.9 Å². The van der Waals surface area contributed by atoms with Gasteiger partial charge in [-0.1, -0.05) is 7.43 Å². The lowest BCUT2D eigenvalue weighted by molar-refractivity contribution is 0.379. The zero-order valence-electron chi connectivity index (χ0n) is 28.5. The minimum atomic E-state index is -0.449. The minimum Gasteiger partial charge on any atom is -0.480 e. The van der Waals surface area contributed by atoms with Crippen molar-refractivity contribution in [2.75, 3.05) is 20.9 Å². The lowest BCUT2D eigenvalue weighted by atomic mass is 10.4. The minimum absolute atomic E-state index is 0. The summed E-state index contributed by atoms with van der Waals surface area (Å²) in [5, 5.41) is 40.6. The van der Waals surface area contributed by atoms with Gasteiger partial charge in [0.2, 0.25) is 5.88 Å². The lowest BCUT2D eigenvalue weighted by Crippen LogP contribution is -2.03. The monoisotopic (exact) mass is 684 g/mol. The summed E-state index contributed by atoms with van der Waals surface area (Å²) in [5.74, 6) is 3.39. The molecule has 6 rings (SSSR count). The van der Waals surface area contributed by atoms with Gasteiger partial charge in [0, 0.05) is 30.9 Å². The number of ether oxygens (including phenoxy) is 2. The average Bonchev–Trinajstić information content (AvgIpc) is 3.84. The molecule has 0 bridgehead atoms. The van der Waals surface area contributed by atoms with Gasteiger partial charge in [-0.05, 0) is 75.4 Å². The molecule has 0 amide bonds. The maximum Gasteiger partial charge on any atom is 0.315 e. The Bertz CT molecular complexity index is 1600. The molecule has 0 fully saturated rings. The van der Waals surface area contributed by atoms with Crippen LogP contribution in [0.15, 0.2) is 49.1 Å². The first-order valence-electron chi connectivity index (χ1n) is 14.2. The van der Waals surface area contributed by atoms with E-state index in [-0.39, 0.29) is 14.0 Å². The third-order valence-corrected chi connectivity index (χ3v) is 4.68. The van der Waals surface area contributed by atoms with Gasteiger partial charge in [0.1, 0.15) is 12.5 Å². The van der Waals surface area contributed by atoms with Crippen LogP contribution in [0.5, 0.6) is 11.9 Å². The smallest absolute Gasteiger partial charge is 0.315 e. The third-order valence-electron chi connectivity index (χ3n) is 4.68. The molecule has 0 radical (unpaired) electrons. The first-order chi connectivity index (χ1) is 23.1. The number of tetrazole rings is 3. The predicted molar refractivity (Wildman–Crippen MR) is 176 cm³/mol. The van der Waals surface area contributed by atoms with Gasteiger partial charge in [-0.15, -0.1) is 35.7 Å². The molecular formula is C28H45FN18O2. The standard InChI is InChI=1S/C6H8N2O.C5H6N2O.C5H6N2.C4H7FN4.C4H8N4.C3H6N4.CH4/c1-5-3-4-6(9-2)8-7-5;1-8-5-6-3-2-4-7-5;1-5-6-3-2-4-7-5;1-4-6-8-9(7-4)3-2-5;1-3-8-6-4(2)5-7-8;1-3-4-6-7(2)5-3;/h3-4H,1-2H3;2-4H,1H3;2-4H,1H3;2-3H2,1H3;3H2,1-2H3;1-2H3;1H4. The van der Waals surface area contributed by atoms with Gasteiger partial charge in [0.05, 0.1) is 40.1 Å². The van der Waals surface area contributed by atoms with E-state index >= 15 is 0 Å². The van der Waals surface area contributed by atoms with Crippen LogP contribution >= 0.6 is 0 Å². The van der Waals surface area contributed by atoms with Crippen LogP contribution in [-0.4, -0.2) is 112 Å². The Hall–Kier alpha value is -6.02. The second kappa shape index (κ2) is 26.1. The maximum atomic E-state index is 11.6. The molecule has 0 aromatic carbocycles. The number of hydrogen-bond donors (Lipinski definition) is 0. The molecule has 49 heavy (non-hydrogen) atoms. The van der Waals surface area contributed by atoms with E-state index < -0.39 is 6.67 Å². The van der Waals surface area contributed by atoms with Crippen LogP contribution in [0.3, 0.4) is 0 Å². The molecule has 0 aliphatic heterocycles. The Labute approximate surface area is 284 Å². The zero-order chi connectivity index (χ0) is 35.6. The van der Waals surface area contributed by atoms with E-state index in [0.29, 0.717) is 23.5 Å². The van der Waals surface area contributed by atoms with E-state index in [9.17, 15) is 4.39 Å². The van der Waals surface area contributed by atoms with Crippen molar-refractivity contribution in [3.63, 3.8) is 0 Å². The summed E-state index contributed by atoms with van der Waals surface area (Å²) in [6.45, 7) is 11.6. The molecule has 0 atom stereocenters. The van der Waals surface area contributed by atoms with Gasteiger partial charge in [-0.2, -0.15) is 19.5 Å². The summed E-state index contributed by atoms with van der Waals surface area (Å²) in [6, 6.07) is 7.58. The molecule has 0 unspecified atom stereocenters. The van der Waals surface area contributed by atoms with E-state index in [1.807, 2.05) is 33.8 Å². The van der Waals surface area contributed by atoms with Gasteiger partial charge in [-0.3, -0.25) is 0 Å². The molecule has 266 valence electrons. The summed E-state index contributed by atoms with van der Waals surface area (Å²) in [7, 11) is 4.84. The van der Waals surface area contributed by atoms with Crippen molar-refractivity contribution in [1.29, 1.82) is 0 Å². The van der Waals surface area contributed by atoms with Crippen LogP contribution in [0, 0.1) is 34.6 Å². The molecule has 0 spiro atoms. The summed E-state index contributed by atoms with van der Waals surface area (Å²) in [6.07, 6.45) is 6.71. The molecule has 6 aromatic rings. The Morgan fingerprint density at radius 2 is 1.16 bits per heavy atom. The molecule has 0 aliphatic rings. The number of alkyl halides is 1. The van der Waals surface area contributed by atoms with Crippen LogP contribution in [0.1, 0.15) is 43.3 Å². The third kappa shape index (κ3) is 21.4. The fourth-order valence-electron chi connectivity index (χ4n) is 2.59. The van der Waals surface area contributed by atoms with Crippen molar-refractivity contribution in [2.45, 2.75) is 62.1 Å². The van der Waals surface area contributed by atoms with Gasteiger partial charge < -0.3 is 9.47 Å². The number of methoxy groups -OCH3 is 2. The maximum absolute atomic E-state index is 11.6. The second-order valence-electron chi connectivity index (χ2n) is 8.72. The number of aromatic nitrogens is 18. The largest absolute Gasteiger partial charge is 0.480 e. The van der Waals surface area contributed by atoms with Crippen LogP contribution in [0.4, 0.5) is 4.39 Å². The van der Waals surface area contributed by atoms with Crippen LogP contribution < -0.4 is 9.47 Å². The average molecular weight is 685 g/mol. The van der Waals surface area contributed by atoms with E-state index in [2.05, 4.69) is 76.4 Å².